The first-order valence-corrected chi connectivity index (χ1v) is 5.24. The number of hydrogen-bond acceptors (Lipinski definition) is 5. The van der Waals surface area contributed by atoms with Crippen LogP contribution in [-0.4, -0.2) is 16.3 Å². The van der Waals surface area contributed by atoms with Gasteiger partial charge in [0.25, 0.3) is 0 Å². The van der Waals surface area contributed by atoms with Crippen LogP contribution >= 0.6 is 11.3 Å². The second-order valence-corrected chi connectivity index (χ2v) is 3.52. The van der Waals surface area contributed by atoms with Crippen LogP contribution < -0.4 is 4.74 Å². The van der Waals surface area contributed by atoms with E-state index in [0.29, 0.717) is 24.3 Å². The van der Waals surface area contributed by atoms with Crippen molar-refractivity contribution in [2.45, 2.75) is 6.61 Å². The second-order valence-electron chi connectivity index (χ2n) is 2.81. The first kappa shape index (κ1) is 9.79. The summed E-state index contributed by atoms with van der Waals surface area (Å²) in [5.74, 6) is 0.633. The van der Waals surface area contributed by atoms with Crippen LogP contribution in [0.15, 0.2) is 29.2 Å². The summed E-state index contributed by atoms with van der Waals surface area (Å²) < 4.78 is 5.42. The minimum Gasteiger partial charge on any atom is -0.486 e. The number of pyridine rings is 1. The highest BCUT2D eigenvalue weighted by Crippen LogP contribution is 2.11. The van der Waals surface area contributed by atoms with E-state index in [1.54, 1.807) is 17.6 Å². The Labute approximate surface area is 90.6 Å². The molecule has 0 fully saturated rings. The van der Waals surface area contributed by atoms with Crippen LogP contribution in [0.4, 0.5) is 0 Å². The fourth-order valence-corrected chi connectivity index (χ4v) is 1.56. The molecule has 0 unspecified atom stereocenters. The minimum absolute atomic E-state index is 0.399. The van der Waals surface area contributed by atoms with Gasteiger partial charge >= 0.3 is 0 Å². The highest BCUT2D eigenvalue weighted by molar-refractivity contribution is 7.07. The van der Waals surface area contributed by atoms with Gasteiger partial charge in [-0.1, -0.05) is 0 Å². The third-order valence-electron chi connectivity index (χ3n) is 1.75. The van der Waals surface area contributed by atoms with Gasteiger partial charge in [0.1, 0.15) is 18.1 Å². The van der Waals surface area contributed by atoms with Gasteiger partial charge in [0, 0.05) is 5.38 Å². The molecule has 0 spiro atoms. The molecule has 2 rings (SSSR count). The van der Waals surface area contributed by atoms with Crippen LogP contribution in [0.5, 0.6) is 5.75 Å². The van der Waals surface area contributed by atoms with Gasteiger partial charge in [-0.25, -0.2) is 9.97 Å². The zero-order valence-corrected chi connectivity index (χ0v) is 8.61. The molecule has 0 aliphatic rings. The highest BCUT2D eigenvalue weighted by Gasteiger charge is 1.98. The maximum atomic E-state index is 10.4. The molecule has 2 aromatic heterocycles. The summed E-state index contributed by atoms with van der Waals surface area (Å²) in [4.78, 5) is 18.3. The van der Waals surface area contributed by atoms with Gasteiger partial charge in [0.2, 0.25) is 0 Å². The molecule has 15 heavy (non-hydrogen) atoms. The molecule has 5 heteroatoms. The molecule has 0 aromatic carbocycles. The lowest BCUT2D eigenvalue weighted by atomic mass is 10.4. The predicted octanol–water partition coefficient (Wildman–Crippen LogP) is 1.93. The topological polar surface area (TPSA) is 52.1 Å². The van der Waals surface area contributed by atoms with Crippen molar-refractivity contribution in [1.82, 2.24) is 9.97 Å². The van der Waals surface area contributed by atoms with Gasteiger partial charge < -0.3 is 4.74 Å². The lowest BCUT2D eigenvalue weighted by Gasteiger charge is -2.02. The van der Waals surface area contributed by atoms with E-state index in [-0.39, 0.29) is 0 Å². The number of ether oxygens (including phenoxy) is 1. The van der Waals surface area contributed by atoms with Gasteiger partial charge in [-0.3, -0.25) is 4.79 Å². The van der Waals surface area contributed by atoms with Crippen molar-refractivity contribution >= 4 is 17.6 Å². The lowest BCUT2D eigenvalue weighted by Crippen LogP contribution is -1.96. The van der Waals surface area contributed by atoms with Crippen molar-refractivity contribution in [1.29, 1.82) is 0 Å². The molecule has 0 bridgehead atoms. The maximum Gasteiger partial charge on any atom is 0.168 e. The van der Waals surface area contributed by atoms with Crippen LogP contribution in [0.3, 0.4) is 0 Å². The first-order valence-electron chi connectivity index (χ1n) is 4.29. The molecule has 76 valence electrons. The fourth-order valence-electron chi connectivity index (χ4n) is 1.01. The standard InChI is InChI=1S/C10H8N2O2S/c13-4-8-1-2-10(3-11-8)14-5-9-6-15-7-12-9/h1-4,6-7H,5H2. The van der Waals surface area contributed by atoms with Crippen LogP contribution in [0, 0.1) is 0 Å². The quantitative estimate of drug-likeness (QED) is 0.739. The molecule has 0 N–H and O–H groups in total. The van der Waals surface area contributed by atoms with Crippen molar-refractivity contribution < 1.29 is 9.53 Å². The van der Waals surface area contributed by atoms with Crippen molar-refractivity contribution in [2.24, 2.45) is 0 Å². The van der Waals surface area contributed by atoms with E-state index in [2.05, 4.69) is 9.97 Å². The predicted molar refractivity (Wildman–Crippen MR) is 56.1 cm³/mol. The Bertz CT molecular complexity index is 425. The average Bonchev–Trinajstić information content (AvgIpc) is 2.80. The Balaban J connectivity index is 1.96. The summed E-state index contributed by atoms with van der Waals surface area (Å²) >= 11 is 1.53. The lowest BCUT2D eigenvalue weighted by molar-refractivity contribution is 0.111. The van der Waals surface area contributed by atoms with Gasteiger partial charge in [0.05, 0.1) is 17.4 Å². The highest BCUT2D eigenvalue weighted by atomic mass is 32.1. The Morgan fingerprint density at radius 1 is 1.40 bits per heavy atom. The van der Waals surface area contributed by atoms with Crippen LogP contribution in [0.2, 0.25) is 0 Å². The zero-order valence-electron chi connectivity index (χ0n) is 7.79. The SMILES string of the molecule is O=Cc1ccc(OCc2cscn2)cn1. The summed E-state index contributed by atoms with van der Waals surface area (Å²) in [6, 6.07) is 3.33. The van der Waals surface area contributed by atoms with Gasteiger partial charge in [0.15, 0.2) is 6.29 Å². The summed E-state index contributed by atoms with van der Waals surface area (Å²) in [7, 11) is 0. The first-order chi connectivity index (χ1) is 7.38. The molecule has 0 saturated heterocycles. The van der Waals surface area contributed by atoms with Crippen molar-refractivity contribution in [2.75, 3.05) is 0 Å². The summed E-state index contributed by atoms with van der Waals surface area (Å²) in [5, 5.41) is 1.92. The average molecular weight is 220 g/mol. The van der Waals surface area contributed by atoms with E-state index in [0.717, 1.165) is 5.69 Å². The number of hydrogen-bond donors (Lipinski definition) is 0. The number of carbonyl (C=O) groups is 1. The molecule has 2 heterocycles. The molecular weight excluding hydrogens is 212 g/mol. The number of carbonyl (C=O) groups excluding carboxylic acids is 1. The normalized spacial score (nSPS) is 9.87. The Kier molecular flexibility index (Phi) is 3.04. The van der Waals surface area contributed by atoms with E-state index < -0.39 is 0 Å². The van der Waals surface area contributed by atoms with E-state index >= 15 is 0 Å². The van der Waals surface area contributed by atoms with E-state index in [4.69, 9.17) is 4.74 Å². The van der Waals surface area contributed by atoms with E-state index in [1.807, 2.05) is 5.38 Å². The molecule has 0 aliphatic heterocycles. The minimum atomic E-state index is 0.399. The number of aromatic nitrogens is 2. The maximum absolute atomic E-state index is 10.4. The van der Waals surface area contributed by atoms with Crippen molar-refractivity contribution in [3.63, 3.8) is 0 Å². The van der Waals surface area contributed by atoms with Gasteiger partial charge in [-0.05, 0) is 12.1 Å². The molecular formula is C10H8N2O2S. The smallest absolute Gasteiger partial charge is 0.168 e. The third-order valence-corrected chi connectivity index (χ3v) is 2.39. The van der Waals surface area contributed by atoms with Crippen LogP contribution in [-0.2, 0) is 6.61 Å². The number of rotatable bonds is 4. The zero-order chi connectivity index (χ0) is 10.5. The van der Waals surface area contributed by atoms with Gasteiger partial charge in [-0.2, -0.15) is 0 Å². The molecule has 0 saturated carbocycles. The molecule has 0 radical (unpaired) electrons. The van der Waals surface area contributed by atoms with E-state index in [9.17, 15) is 4.79 Å². The summed E-state index contributed by atoms with van der Waals surface area (Å²) in [6.07, 6.45) is 2.22. The third kappa shape index (κ3) is 2.60. The molecule has 0 amide bonds. The van der Waals surface area contributed by atoms with Gasteiger partial charge in [-0.15, -0.1) is 11.3 Å². The Morgan fingerprint density at radius 3 is 2.93 bits per heavy atom. The second kappa shape index (κ2) is 4.65. The number of nitrogens with zero attached hydrogens (tertiary/aromatic N) is 2. The Hall–Kier alpha value is -1.75. The Morgan fingerprint density at radius 2 is 2.33 bits per heavy atom. The number of thiazole rings is 1. The fraction of sp³-hybridized carbons (Fsp3) is 0.100. The molecule has 0 atom stereocenters. The van der Waals surface area contributed by atoms with Crippen molar-refractivity contribution in [3.8, 4) is 5.75 Å². The monoisotopic (exact) mass is 220 g/mol. The number of aldehydes is 1. The molecule has 2 aromatic rings. The largest absolute Gasteiger partial charge is 0.486 e. The molecule has 4 nitrogen and oxygen atoms in total. The molecule has 0 aliphatic carbocycles. The summed E-state index contributed by atoms with van der Waals surface area (Å²) in [5.41, 5.74) is 3.04. The van der Waals surface area contributed by atoms with Crippen LogP contribution in [0.25, 0.3) is 0 Å². The van der Waals surface area contributed by atoms with Crippen molar-refractivity contribution in [3.05, 3.63) is 40.6 Å². The van der Waals surface area contributed by atoms with Crippen LogP contribution in [0.1, 0.15) is 16.2 Å². The summed E-state index contributed by atoms with van der Waals surface area (Å²) in [6.45, 7) is 0.422. The van der Waals surface area contributed by atoms with E-state index in [1.165, 1.54) is 17.5 Å².